The van der Waals surface area contributed by atoms with Gasteiger partial charge in [0, 0.05) is 111 Å². The van der Waals surface area contributed by atoms with Gasteiger partial charge in [0.15, 0.2) is 6.04 Å². The van der Waals surface area contributed by atoms with Gasteiger partial charge in [0.05, 0.1) is 48.1 Å². The number of benzene rings is 2. The first kappa shape index (κ1) is 59.9. The summed E-state index contributed by atoms with van der Waals surface area (Å²) in [5, 5.41) is 6.10. The quantitative estimate of drug-likeness (QED) is 0.0788. The summed E-state index contributed by atoms with van der Waals surface area (Å²) < 4.78 is 30.1. The van der Waals surface area contributed by atoms with Crippen molar-refractivity contribution in [1.82, 2.24) is 44.3 Å². The van der Waals surface area contributed by atoms with Gasteiger partial charge in [-0.25, -0.2) is 5.43 Å². The number of nitrogens with zero attached hydrogens (tertiary/aromatic N) is 8. The van der Waals surface area contributed by atoms with Crippen molar-refractivity contribution in [1.29, 1.82) is 0 Å². The molecule has 2 aromatic carbocycles. The zero-order chi connectivity index (χ0) is 60.0. The van der Waals surface area contributed by atoms with Gasteiger partial charge in [0.2, 0.25) is 11.8 Å². The molecule has 2 aliphatic carbocycles. The van der Waals surface area contributed by atoms with Crippen LogP contribution in [-0.4, -0.2) is 175 Å². The van der Waals surface area contributed by atoms with Crippen molar-refractivity contribution in [2.24, 2.45) is 22.7 Å². The van der Waals surface area contributed by atoms with Crippen LogP contribution in [0.25, 0.3) is 33.3 Å². The molecular formula is C68H94N10O7S. The third-order valence-corrected chi connectivity index (χ3v) is 23.1. The van der Waals surface area contributed by atoms with Gasteiger partial charge >= 0.3 is 5.97 Å². The molecule has 2 aromatic heterocycles. The summed E-state index contributed by atoms with van der Waals surface area (Å²) in [6.45, 7) is 22.8. The van der Waals surface area contributed by atoms with E-state index in [-0.39, 0.29) is 60.3 Å². The zero-order valence-electron chi connectivity index (χ0n) is 52.4. The Hall–Kier alpha value is -5.08. The number of rotatable bonds is 12. The number of piperazine rings is 1. The van der Waals surface area contributed by atoms with Crippen LogP contribution < -0.4 is 15.6 Å². The van der Waals surface area contributed by atoms with E-state index in [0.29, 0.717) is 57.4 Å². The average molecular weight is 1200 g/mol. The molecule has 10 atom stereocenters. The molecule has 2 N–H and O–H groups in total. The van der Waals surface area contributed by atoms with Gasteiger partial charge in [-0.05, 0) is 171 Å². The number of carbonyl (C=O) groups is 4. The number of pyridine rings is 1. The Kier molecular flexibility index (Phi) is 16.5. The third kappa shape index (κ3) is 11.6. The molecule has 3 amide bonds. The molecule has 6 bridgehead atoms. The van der Waals surface area contributed by atoms with Crippen molar-refractivity contribution in [3.05, 3.63) is 71.5 Å². The Bertz CT molecular complexity index is 3230. The minimum atomic E-state index is -1.25. The van der Waals surface area contributed by atoms with E-state index in [9.17, 15) is 14.1 Å². The van der Waals surface area contributed by atoms with E-state index >= 15 is 9.59 Å². The van der Waals surface area contributed by atoms with Crippen LogP contribution >= 0.6 is 0 Å². The highest BCUT2D eigenvalue weighted by molar-refractivity contribution is 7.90. The minimum Gasteiger partial charge on any atom is -0.597 e. The molecule has 2 saturated carbocycles. The third-order valence-electron chi connectivity index (χ3n) is 21.2. The molecule has 0 radical (unpaired) electrons. The van der Waals surface area contributed by atoms with E-state index in [1.165, 1.54) is 24.9 Å². The number of esters is 1. The standard InChI is InChI=1S/C68H94N10O7S/c1-9-76-56-24-23-48-35-51(56)53(60(76)52-36-50(38-69-57(52)43(2)84-8)73-32-31-72-27-13-19-49(72)39-73)37-67(6,7)42-85-65(82)54-20-14-28-77(71-54)63(80)55(34-44-15-12-18-47(48)33-44)70-62(79)59(45-16-10-11-17-45)74-29-25-68(40-74)26-30-75(41-68)64(81)61-58(46-21-22-46)78(61)86(83)66(3,4)5/h12,15,18,23-24,33,35-36,38,43,45-46,49,54-55,58-59,61,71H,9-11,13-14,16-17,19-22,25-32,34,37,39-42H2,1-8H3,(H,70,79)/t43-,49+,54-,55-,58+,59-,61+,68-,78?,86?/m0/s1. The van der Waals surface area contributed by atoms with E-state index in [0.717, 1.165) is 134 Å². The summed E-state index contributed by atoms with van der Waals surface area (Å²) in [5.41, 5.74) is 12.1. The van der Waals surface area contributed by atoms with Crippen LogP contribution in [0, 0.1) is 22.7 Å². The Labute approximate surface area is 512 Å². The highest BCUT2D eigenvalue weighted by Crippen LogP contribution is 2.52. The van der Waals surface area contributed by atoms with E-state index in [1.54, 1.807) is 12.1 Å². The number of anilines is 1. The molecule has 6 saturated heterocycles. The number of likely N-dealkylation sites (tertiary alicyclic amines) is 2. The summed E-state index contributed by atoms with van der Waals surface area (Å²) in [6, 6.07) is 15.8. The van der Waals surface area contributed by atoms with E-state index in [4.69, 9.17) is 14.5 Å². The second-order valence-corrected chi connectivity index (χ2v) is 31.2. The van der Waals surface area contributed by atoms with E-state index in [1.807, 2.05) is 36.2 Å². The van der Waals surface area contributed by atoms with Crippen molar-refractivity contribution < 1.29 is 33.2 Å². The van der Waals surface area contributed by atoms with Gasteiger partial charge in [-0.2, -0.15) is 0 Å². The van der Waals surface area contributed by atoms with Gasteiger partial charge in [-0.1, -0.05) is 57.0 Å². The number of aromatic nitrogens is 2. The highest BCUT2D eigenvalue weighted by atomic mass is 32.2. The summed E-state index contributed by atoms with van der Waals surface area (Å²) in [5.74, 6) is -0.108. The number of hydrogen-bond donors (Lipinski definition) is 2. The van der Waals surface area contributed by atoms with Crippen molar-refractivity contribution >= 4 is 51.6 Å². The number of hydrogen-bond acceptors (Lipinski definition) is 13. The maximum atomic E-state index is 15.5. The number of amides is 3. The average Bonchev–Trinajstić information content (AvgIpc) is 1.72. The molecule has 86 heavy (non-hydrogen) atoms. The van der Waals surface area contributed by atoms with Crippen LogP contribution in [0.3, 0.4) is 0 Å². The summed E-state index contributed by atoms with van der Waals surface area (Å²) >= 11 is -1.25. The van der Waals surface area contributed by atoms with Gasteiger partial charge in [0.1, 0.15) is 16.8 Å². The second-order valence-electron chi connectivity index (χ2n) is 29.0. The number of fused-ring (bicyclic) bond motifs is 7. The highest BCUT2D eigenvalue weighted by Gasteiger charge is 2.68. The first-order chi connectivity index (χ1) is 41.3. The number of methoxy groups -OCH3 is 1. The second kappa shape index (κ2) is 23.7. The Morgan fingerprint density at radius 1 is 0.919 bits per heavy atom. The van der Waals surface area contributed by atoms with Crippen LogP contribution in [0.15, 0.2) is 54.7 Å². The zero-order valence-corrected chi connectivity index (χ0v) is 53.2. The van der Waals surface area contributed by atoms with E-state index < -0.39 is 45.6 Å². The Morgan fingerprint density at radius 2 is 1.70 bits per heavy atom. The predicted octanol–water partition coefficient (Wildman–Crippen LogP) is 8.44. The molecule has 464 valence electrons. The first-order valence-electron chi connectivity index (χ1n) is 32.9. The van der Waals surface area contributed by atoms with Crippen molar-refractivity contribution in [2.45, 2.75) is 192 Å². The lowest BCUT2D eigenvalue weighted by atomic mass is 9.84. The number of aryl methyl sites for hydroxylation is 1. The lowest BCUT2D eigenvalue weighted by Gasteiger charge is -2.39. The van der Waals surface area contributed by atoms with E-state index in [2.05, 4.69) is 106 Å². The molecule has 9 aliphatic rings. The largest absolute Gasteiger partial charge is 0.597 e. The summed E-state index contributed by atoms with van der Waals surface area (Å²) in [6.07, 6.45) is 14.1. The van der Waals surface area contributed by atoms with Crippen molar-refractivity contribution in [2.75, 3.05) is 77.5 Å². The molecule has 7 aliphatic heterocycles. The Balaban J connectivity index is 0.815. The lowest BCUT2D eigenvalue weighted by molar-refractivity contribution is -0.155. The van der Waals surface area contributed by atoms with Gasteiger partial charge < -0.3 is 33.7 Å². The SMILES string of the molecule is CCn1c(-c2cc(N3CCN4CCC[C@@H]4C3)cnc2[C@H](C)OC)c2c3cc(ccc31)-c1cccc(c1)C[C@H](NC(=O)[C@H](C1CCCC1)N1CC[C@]3(CCN(C(=O)[C@H]4[C@@H](C5CC5)N4[S+]([O-])C(C)(C)C)C3)C1)C(=O)N1CCC[C@H](N1)C(=O)OCC(C)(C)C2. The maximum absolute atomic E-state index is 15.5. The number of hydrazine groups is 1. The van der Waals surface area contributed by atoms with Crippen LogP contribution in [0.1, 0.15) is 148 Å². The predicted molar refractivity (Wildman–Crippen MR) is 336 cm³/mol. The molecular weight excluding hydrogens is 1100 g/mol. The normalized spacial score (nSPS) is 29.5. The molecule has 4 aromatic rings. The molecule has 1 spiro atoms. The molecule has 2 unspecified atom stereocenters. The molecule has 17 nitrogen and oxygen atoms in total. The van der Waals surface area contributed by atoms with Gasteiger partial charge in [-0.15, -0.1) is 4.31 Å². The monoisotopic (exact) mass is 1190 g/mol. The lowest BCUT2D eigenvalue weighted by Crippen LogP contribution is -2.62. The number of nitrogens with one attached hydrogen (secondary N) is 2. The Morgan fingerprint density at radius 3 is 2.47 bits per heavy atom. The molecule has 18 heteroatoms. The maximum Gasteiger partial charge on any atom is 0.324 e. The fraction of sp³-hybridized carbons (Fsp3) is 0.662. The number of carbonyl (C=O) groups excluding carboxylic acids is 4. The molecule has 13 rings (SSSR count). The molecule has 8 fully saturated rings. The van der Waals surface area contributed by atoms with Crippen LogP contribution in [-0.2, 0) is 59.4 Å². The van der Waals surface area contributed by atoms with Gasteiger partial charge in [0.25, 0.3) is 5.91 Å². The number of ether oxygens (including phenoxy) is 2. The van der Waals surface area contributed by atoms with Crippen LogP contribution in [0.2, 0.25) is 0 Å². The number of cyclic esters (lactones) is 1. The first-order valence-corrected chi connectivity index (χ1v) is 34.0. The summed E-state index contributed by atoms with van der Waals surface area (Å²) in [7, 11) is 1.75. The van der Waals surface area contributed by atoms with Gasteiger partial charge in [-0.3, -0.25) is 39.0 Å². The smallest absolute Gasteiger partial charge is 0.324 e. The van der Waals surface area contributed by atoms with Crippen molar-refractivity contribution in [3.63, 3.8) is 0 Å². The van der Waals surface area contributed by atoms with Crippen LogP contribution in [0.5, 0.6) is 0 Å². The minimum absolute atomic E-state index is 0.0651. The molecule has 9 heterocycles. The fourth-order valence-corrected chi connectivity index (χ4v) is 17.9. The van der Waals surface area contributed by atoms with Crippen LogP contribution in [0.4, 0.5) is 5.69 Å². The topological polar surface area (TPSA) is 171 Å². The summed E-state index contributed by atoms with van der Waals surface area (Å²) in [4.78, 5) is 74.4. The fourth-order valence-electron chi connectivity index (χ4n) is 16.4. The van der Waals surface area contributed by atoms with Crippen molar-refractivity contribution in [3.8, 4) is 22.4 Å².